The van der Waals surface area contributed by atoms with E-state index in [2.05, 4.69) is 19.9 Å². The van der Waals surface area contributed by atoms with Crippen molar-refractivity contribution in [2.24, 2.45) is 5.92 Å². The third-order valence-corrected chi connectivity index (χ3v) is 8.24. The van der Waals surface area contributed by atoms with Gasteiger partial charge in [-0.1, -0.05) is 61.6 Å². The van der Waals surface area contributed by atoms with E-state index in [0.29, 0.717) is 31.1 Å². The maximum atomic E-state index is 14.0. The Bertz CT molecular complexity index is 1270. The molecule has 2 aromatic heterocycles. The molecule has 3 heterocycles. The average molecular weight is 490 g/mol. The largest absolute Gasteiger partial charge is 0.338 e. The van der Waals surface area contributed by atoms with Crippen LogP contribution in [0.5, 0.6) is 0 Å². The molecule has 1 fully saturated rings. The average Bonchev–Trinajstić information content (AvgIpc) is 3.54. The highest BCUT2D eigenvalue weighted by molar-refractivity contribution is 7.22. The van der Waals surface area contributed by atoms with Crippen LogP contribution in [0.3, 0.4) is 0 Å². The second-order valence-electron chi connectivity index (χ2n) is 8.90. The van der Waals surface area contributed by atoms with Gasteiger partial charge < -0.3 is 4.90 Å². The van der Waals surface area contributed by atoms with Crippen molar-refractivity contribution < 1.29 is 9.59 Å². The molecule has 0 bridgehead atoms. The Balaban J connectivity index is 1.45. The lowest BCUT2D eigenvalue weighted by atomic mass is 9.94. The van der Waals surface area contributed by atoms with E-state index in [1.807, 2.05) is 69.8 Å². The maximum absolute atomic E-state index is 14.0. The van der Waals surface area contributed by atoms with Crippen molar-refractivity contribution in [2.75, 3.05) is 18.0 Å². The van der Waals surface area contributed by atoms with Crippen molar-refractivity contribution >= 4 is 55.5 Å². The molecule has 0 atom stereocenters. The summed E-state index contributed by atoms with van der Waals surface area (Å²) in [4.78, 5) is 36.1. The van der Waals surface area contributed by atoms with Crippen LogP contribution in [-0.2, 0) is 4.79 Å². The molecule has 0 N–H and O–H groups in total. The maximum Gasteiger partial charge on any atom is 0.263 e. The number of fused-ring (bicyclic) bond motifs is 1. The van der Waals surface area contributed by atoms with Gasteiger partial charge in [-0.3, -0.25) is 14.5 Å². The van der Waals surface area contributed by atoms with Gasteiger partial charge in [0.2, 0.25) is 5.91 Å². The van der Waals surface area contributed by atoms with Crippen LogP contribution in [0.15, 0.2) is 66.0 Å². The Kier molecular flexibility index (Phi) is 6.48. The number of aromatic nitrogens is 1. The number of piperidine rings is 1. The lowest BCUT2D eigenvalue weighted by Gasteiger charge is -2.34. The van der Waals surface area contributed by atoms with Crippen molar-refractivity contribution in [3.63, 3.8) is 0 Å². The fourth-order valence-corrected chi connectivity index (χ4v) is 6.20. The molecule has 0 unspecified atom stereocenters. The van der Waals surface area contributed by atoms with Gasteiger partial charge in [0.05, 0.1) is 20.8 Å². The van der Waals surface area contributed by atoms with Gasteiger partial charge in [-0.15, -0.1) is 11.3 Å². The van der Waals surface area contributed by atoms with Crippen molar-refractivity contribution in [3.8, 4) is 0 Å². The molecule has 34 heavy (non-hydrogen) atoms. The van der Waals surface area contributed by atoms with E-state index in [9.17, 15) is 9.59 Å². The molecule has 1 saturated heterocycles. The predicted molar refractivity (Wildman–Crippen MR) is 140 cm³/mol. The summed E-state index contributed by atoms with van der Waals surface area (Å²) in [5.41, 5.74) is 2.93. The first kappa shape index (κ1) is 22.7. The van der Waals surface area contributed by atoms with Crippen molar-refractivity contribution in [2.45, 2.75) is 32.6 Å². The molecule has 4 aromatic rings. The summed E-state index contributed by atoms with van der Waals surface area (Å²) >= 11 is 3.01. The van der Waals surface area contributed by atoms with Crippen LogP contribution in [-0.4, -0.2) is 34.8 Å². The predicted octanol–water partition coefficient (Wildman–Crippen LogP) is 6.70. The van der Waals surface area contributed by atoms with Crippen LogP contribution in [0.1, 0.15) is 47.8 Å². The van der Waals surface area contributed by atoms with E-state index in [1.165, 1.54) is 11.3 Å². The number of carbonyl (C=O) groups is 2. The zero-order valence-corrected chi connectivity index (χ0v) is 20.9. The molecule has 0 saturated carbocycles. The van der Waals surface area contributed by atoms with Crippen molar-refractivity contribution in [3.05, 3.63) is 76.5 Å². The van der Waals surface area contributed by atoms with E-state index in [-0.39, 0.29) is 23.7 Å². The monoisotopic (exact) mass is 489 g/mol. The van der Waals surface area contributed by atoms with E-state index < -0.39 is 0 Å². The van der Waals surface area contributed by atoms with E-state index >= 15 is 0 Å². The number of anilines is 2. The Labute approximate surface area is 207 Å². The number of hydrogen-bond acceptors (Lipinski definition) is 5. The van der Waals surface area contributed by atoms with E-state index in [4.69, 9.17) is 4.98 Å². The van der Waals surface area contributed by atoms with Gasteiger partial charge in [0, 0.05) is 19.0 Å². The number of likely N-dealkylation sites (tertiary alicyclic amines) is 1. The summed E-state index contributed by atoms with van der Waals surface area (Å²) in [6.07, 6.45) is 1.31. The molecule has 5 nitrogen and oxygen atoms in total. The fraction of sp³-hybridized carbons (Fsp3) is 0.296. The van der Waals surface area contributed by atoms with Gasteiger partial charge in [0.25, 0.3) is 5.91 Å². The molecular weight excluding hydrogens is 462 g/mol. The molecule has 2 aromatic carbocycles. The summed E-state index contributed by atoms with van der Waals surface area (Å²) in [6.45, 7) is 5.47. The zero-order chi connectivity index (χ0) is 23.7. The number of amides is 2. The molecule has 7 heteroatoms. The molecule has 1 aliphatic heterocycles. The quantitative estimate of drug-likeness (QED) is 0.313. The third kappa shape index (κ3) is 4.38. The van der Waals surface area contributed by atoms with Gasteiger partial charge in [-0.2, -0.15) is 0 Å². The van der Waals surface area contributed by atoms with Crippen LogP contribution >= 0.6 is 22.7 Å². The highest BCUT2D eigenvalue weighted by atomic mass is 32.1. The molecule has 5 rings (SSSR count). The molecule has 0 radical (unpaired) electrons. The number of benzene rings is 2. The number of para-hydroxylation sites is 2. The Morgan fingerprint density at radius 3 is 2.44 bits per heavy atom. The lowest BCUT2D eigenvalue weighted by Crippen LogP contribution is -2.43. The van der Waals surface area contributed by atoms with Crippen LogP contribution in [0, 0.1) is 5.92 Å². The second kappa shape index (κ2) is 9.68. The minimum atomic E-state index is -0.153. The Morgan fingerprint density at radius 2 is 1.74 bits per heavy atom. The van der Waals surface area contributed by atoms with Crippen LogP contribution in [0.4, 0.5) is 10.8 Å². The highest BCUT2D eigenvalue weighted by Crippen LogP contribution is 2.39. The first-order valence-electron chi connectivity index (χ1n) is 11.6. The Hall–Kier alpha value is -3.03. The van der Waals surface area contributed by atoms with Gasteiger partial charge in [-0.05, 0) is 54.0 Å². The first-order chi connectivity index (χ1) is 16.5. The summed E-state index contributed by atoms with van der Waals surface area (Å²) < 4.78 is 1.06. The third-order valence-electron chi connectivity index (χ3n) is 6.36. The number of rotatable bonds is 5. The van der Waals surface area contributed by atoms with Crippen molar-refractivity contribution in [1.29, 1.82) is 0 Å². The van der Waals surface area contributed by atoms with Crippen LogP contribution < -0.4 is 4.90 Å². The first-order valence-corrected chi connectivity index (χ1v) is 13.3. The normalized spacial score (nSPS) is 14.6. The molecule has 2 amide bonds. The molecule has 174 valence electrons. The lowest BCUT2D eigenvalue weighted by molar-refractivity contribution is -0.122. The minimum Gasteiger partial charge on any atom is -0.338 e. The second-order valence-corrected chi connectivity index (χ2v) is 10.9. The van der Waals surface area contributed by atoms with Crippen LogP contribution in [0.25, 0.3) is 10.2 Å². The summed E-state index contributed by atoms with van der Waals surface area (Å²) in [5, 5.41) is 2.63. The summed E-state index contributed by atoms with van der Waals surface area (Å²) in [7, 11) is 0. The molecule has 1 aliphatic rings. The molecular formula is C27H27N3O2S2. The number of nitrogens with zero attached hydrogens (tertiary/aromatic N) is 3. The SMILES string of the molecule is CC(C)c1ccccc1N(C(=O)C1CCN(C(=O)c2cccs2)CC1)c1nc2ccccc2s1. The van der Waals surface area contributed by atoms with Gasteiger partial charge in [-0.25, -0.2) is 4.98 Å². The summed E-state index contributed by atoms with van der Waals surface area (Å²) in [5.74, 6) is 0.246. The van der Waals surface area contributed by atoms with Gasteiger partial charge >= 0.3 is 0 Å². The summed E-state index contributed by atoms with van der Waals surface area (Å²) in [6, 6.07) is 19.9. The standard InChI is InChI=1S/C27H27N3O2S2/c1-18(2)20-8-3-5-10-22(20)30(27-28-21-9-4-6-11-23(21)34-27)25(31)19-13-15-29(16-14-19)26(32)24-12-7-17-33-24/h3-12,17-19H,13-16H2,1-2H3. The Morgan fingerprint density at radius 1 is 1.00 bits per heavy atom. The molecule has 0 aliphatic carbocycles. The van der Waals surface area contributed by atoms with E-state index in [1.54, 1.807) is 11.3 Å². The van der Waals surface area contributed by atoms with Gasteiger partial charge in [0.1, 0.15) is 0 Å². The number of thiophene rings is 1. The number of hydrogen-bond donors (Lipinski definition) is 0. The fourth-order valence-electron chi connectivity index (χ4n) is 4.52. The number of thiazole rings is 1. The smallest absolute Gasteiger partial charge is 0.263 e. The minimum absolute atomic E-state index is 0.0640. The zero-order valence-electron chi connectivity index (χ0n) is 19.3. The van der Waals surface area contributed by atoms with Crippen molar-refractivity contribution in [1.82, 2.24) is 9.88 Å². The molecule has 0 spiro atoms. The van der Waals surface area contributed by atoms with Gasteiger partial charge in [0.15, 0.2) is 5.13 Å². The topological polar surface area (TPSA) is 53.5 Å². The number of carbonyl (C=O) groups excluding carboxylic acids is 2. The van der Waals surface area contributed by atoms with Crippen LogP contribution in [0.2, 0.25) is 0 Å². The highest BCUT2D eigenvalue weighted by Gasteiger charge is 2.34. The van der Waals surface area contributed by atoms with E-state index in [0.717, 1.165) is 26.3 Å².